The van der Waals surface area contributed by atoms with Crippen molar-refractivity contribution in [3.8, 4) is 34.5 Å². The van der Waals surface area contributed by atoms with Crippen molar-refractivity contribution < 1.29 is 33.9 Å². The van der Waals surface area contributed by atoms with E-state index in [9.17, 15) is 5.26 Å². The first kappa shape index (κ1) is 19.1. The fourth-order valence-electron chi connectivity index (χ4n) is 4.54. The van der Waals surface area contributed by atoms with Gasteiger partial charge in [0.05, 0.1) is 7.11 Å². The molecule has 3 aliphatic rings. The number of nitrogens with zero attached hydrogens (tertiary/aromatic N) is 1. The van der Waals surface area contributed by atoms with E-state index in [1.54, 1.807) is 6.07 Å². The Balaban J connectivity index is 1.61. The SMILES string of the molecule is COc1cc(C2CC(N3CCCC3)Oc3cc4c(cc32)OCO4)cc(OO)c1ON. The molecule has 2 aromatic carbocycles. The van der Waals surface area contributed by atoms with Crippen molar-refractivity contribution in [2.24, 2.45) is 5.90 Å². The third-order valence-corrected chi connectivity index (χ3v) is 6.01. The molecular weight excluding hydrogens is 392 g/mol. The molecule has 3 aliphatic heterocycles. The van der Waals surface area contributed by atoms with E-state index in [2.05, 4.69) is 9.79 Å². The maximum Gasteiger partial charge on any atom is 0.234 e. The Morgan fingerprint density at radius 3 is 2.47 bits per heavy atom. The van der Waals surface area contributed by atoms with E-state index in [0.29, 0.717) is 17.2 Å². The highest BCUT2D eigenvalue weighted by Gasteiger charge is 2.36. The Morgan fingerprint density at radius 1 is 1.03 bits per heavy atom. The Bertz CT molecular complexity index is 920. The first-order valence-electron chi connectivity index (χ1n) is 9.96. The van der Waals surface area contributed by atoms with Gasteiger partial charge in [0.25, 0.3) is 0 Å². The predicted molar refractivity (Wildman–Crippen MR) is 105 cm³/mol. The molecule has 9 nitrogen and oxygen atoms in total. The lowest BCUT2D eigenvalue weighted by Crippen LogP contribution is -2.41. The summed E-state index contributed by atoms with van der Waals surface area (Å²) in [5.74, 6) is 7.99. The molecule has 3 N–H and O–H groups in total. The van der Waals surface area contributed by atoms with Crippen molar-refractivity contribution in [3.63, 3.8) is 0 Å². The average molecular weight is 416 g/mol. The molecule has 0 saturated carbocycles. The highest BCUT2D eigenvalue weighted by Crippen LogP contribution is 2.50. The summed E-state index contributed by atoms with van der Waals surface area (Å²) in [7, 11) is 1.51. The zero-order valence-electron chi connectivity index (χ0n) is 16.6. The molecule has 2 unspecified atom stereocenters. The Hall–Kier alpha value is -2.88. The van der Waals surface area contributed by atoms with Crippen LogP contribution in [-0.2, 0) is 0 Å². The number of rotatable bonds is 5. The van der Waals surface area contributed by atoms with Crippen molar-refractivity contribution in [1.82, 2.24) is 4.90 Å². The monoisotopic (exact) mass is 416 g/mol. The smallest absolute Gasteiger partial charge is 0.234 e. The molecular formula is C21H24N2O7. The summed E-state index contributed by atoms with van der Waals surface area (Å²) in [5, 5.41) is 9.38. The number of benzene rings is 2. The Kier molecular flexibility index (Phi) is 4.93. The summed E-state index contributed by atoms with van der Waals surface area (Å²) in [6, 6.07) is 7.40. The van der Waals surface area contributed by atoms with E-state index in [1.807, 2.05) is 18.2 Å². The lowest BCUT2D eigenvalue weighted by atomic mass is 9.84. The molecule has 5 rings (SSSR count). The second kappa shape index (κ2) is 7.75. The van der Waals surface area contributed by atoms with Crippen LogP contribution in [0.1, 0.15) is 36.3 Å². The molecule has 1 saturated heterocycles. The van der Waals surface area contributed by atoms with Gasteiger partial charge in [0.2, 0.25) is 18.3 Å². The molecule has 30 heavy (non-hydrogen) atoms. The van der Waals surface area contributed by atoms with Crippen LogP contribution in [-0.4, -0.2) is 43.4 Å². The summed E-state index contributed by atoms with van der Waals surface area (Å²) in [4.78, 5) is 11.7. The van der Waals surface area contributed by atoms with Crippen LogP contribution in [0.5, 0.6) is 34.5 Å². The molecule has 0 amide bonds. The lowest BCUT2D eigenvalue weighted by Gasteiger charge is -2.37. The molecule has 9 heteroatoms. The van der Waals surface area contributed by atoms with Gasteiger partial charge in [-0.1, -0.05) is 0 Å². The van der Waals surface area contributed by atoms with E-state index in [0.717, 1.165) is 49.2 Å². The van der Waals surface area contributed by atoms with Gasteiger partial charge in [-0.3, -0.25) is 4.90 Å². The van der Waals surface area contributed by atoms with Gasteiger partial charge < -0.3 is 28.7 Å². The van der Waals surface area contributed by atoms with E-state index < -0.39 is 0 Å². The molecule has 2 atom stereocenters. The van der Waals surface area contributed by atoms with Crippen molar-refractivity contribution in [1.29, 1.82) is 0 Å². The van der Waals surface area contributed by atoms with E-state index >= 15 is 0 Å². The first-order valence-corrected chi connectivity index (χ1v) is 9.96. The molecule has 0 bridgehead atoms. The van der Waals surface area contributed by atoms with Gasteiger partial charge >= 0.3 is 0 Å². The predicted octanol–water partition coefficient (Wildman–Crippen LogP) is 2.86. The average Bonchev–Trinajstić information content (AvgIpc) is 3.47. The number of fused-ring (bicyclic) bond motifs is 2. The van der Waals surface area contributed by atoms with Crippen molar-refractivity contribution in [3.05, 3.63) is 35.4 Å². The number of hydrogen-bond acceptors (Lipinski definition) is 9. The summed E-state index contributed by atoms with van der Waals surface area (Å²) >= 11 is 0. The van der Waals surface area contributed by atoms with Crippen LogP contribution in [0.15, 0.2) is 24.3 Å². The molecule has 1 fully saturated rings. The maximum absolute atomic E-state index is 9.38. The van der Waals surface area contributed by atoms with Crippen molar-refractivity contribution in [2.75, 3.05) is 27.0 Å². The normalized spacial score (nSPS) is 22.4. The summed E-state index contributed by atoms with van der Waals surface area (Å²) in [5.41, 5.74) is 1.85. The van der Waals surface area contributed by atoms with E-state index in [4.69, 9.17) is 29.7 Å². The number of hydrogen-bond donors (Lipinski definition) is 2. The van der Waals surface area contributed by atoms with Gasteiger partial charge in [0.1, 0.15) is 5.75 Å². The van der Waals surface area contributed by atoms with Crippen LogP contribution in [0.4, 0.5) is 0 Å². The second-order valence-corrected chi connectivity index (χ2v) is 7.61. The van der Waals surface area contributed by atoms with E-state index in [1.165, 1.54) is 7.11 Å². The van der Waals surface area contributed by atoms with Gasteiger partial charge in [0, 0.05) is 37.1 Å². The van der Waals surface area contributed by atoms with E-state index in [-0.39, 0.29) is 30.4 Å². The summed E-state index contributed by atoms with van der Waals surface area (Å²) in [6.07, 6.45) is 2.98. The number of ether oxygens (including phenoxy) is 4. The van der Waals surface area contributed by atoms with Gasteiger partial charge in [-0.05, 0) is 36.6 Å². The molecule has 160 valence electrons. The topological polar surface area (TPSA) is 105 Å². The van der Waals surface area contributed by atoms with Gasteiger partial charge in [-0.15, -0.1) is 0 Å². The zero-order chi connectivity index (χ0) is 20.7. The summed E-state index contributed by atoms with van der Waals surface area (Å²) < 4.78 is 22.9. The molecule has 0 spiro atoms. The van der Waals surface area contributed by atoms with Crippen LogP contribution >= 0.6 is 0 Å². The Morgan fingerprint density at radius 2 is 1.77 bits per heavy atom. The highest BCUT2D eigenvalue weighted by atomic mass is 17.1. The first-order chi connectivity index (χ1) is 14.7. The molecule has 3 heterocycles. The molecule has 0 aliphatic carbocycles. The Labute approximate surface area is 173 Å². The standard InChI is InChI=1S/C21H24N2O7/c1-25-18-6-12(7-19(30-24)21(18)29-22)13-9-20(23-4-2-3-5-23)28-15-10-17-16(8-14(13)15)26-11-27-17/h6-8,10,13,20,24H,2-5,9,11,22H2,1H3. The largest absolute Gasteiger partial charge is 0.493 e. The highest BCUT2D eigenvalue weighted by molar-refractivity contribution is 5.59. The van der Waals surface area contributed by atoms with Crippen molar-refractivity contribution in [2.45, 2.75) is 31.4 Å². The van der Waals surface area contributed by atoms with Gasteiger partial charge in [-0.25, -0.2) is 5.26 Å². The number of nitrogens with two attached hydrogens (primary N) is 1. The van der Waals surface area contributed by atoms with Gasteiger partial charge in [-0.2, -0.15) is 5.90 Å². The molecule has 0 aromatic heterocycles. The maximum atomic E-state index is 9.38. The summed E-state index contributed by atoms with van der Waals surface area (Å²) in [6.45, 7) is 2.20. The van der Waals surface area contributed by atoms with Gasteiger partial charge in [0.15, 0.2) is 23.5 Å². The van der Waals surface area contributed by atoms with Crippen molar-refractivity contribution >= 4 is 0 Å². The lowest BCUT2D eigenvalue weighted by molar-refractivity contribution is -0.139. The zero-order valence-corrected chi connectivity index (χ0v) is 16.6. The molecule has 2 aromatic rings. The van der Waals surface area contributed by atoms with Crippen LogP contribution in [0.2, 0.25) is 0 Å². The third-order valence-electron chi connectivity index (χ3n) is 6.01. The number of methoxy groups -OCH3 is 1. The quantitative estimate of drug-likeness (QED) is 0.562. The fraction of sp³-hybridized carbons (Fsp3) is 0.429. The van der Waals surface area contributed by atoms with Crippen LogP contribution < -0.4 is 34.6 Å². The minimum Gasteiger partial charge on any atom is -0.493 e. The van der Waals surface area contributed by atoms with Crippen LogP contribution in [0.25, 0.3) is 0 Å². The third kappa shape index (κ3) is 3.15. The fourth-order valence-corrected chi connectivity index (χ4v) is 4.54. The second-order valence-electron chi connectivity index (χ2n) is 7.61. The number of likely N-dealkylation sites (tertiary alicyclic amines) is 1. The van der Waals surface area contributed by atoms with Crippen LogP contribution in [0.3, 0.4) is 0 Å². The minimum absolute atomic E-state index is 0.0523. The molecule has 0 radical (unpaired) electrons. The van der Waals surface area contributed by atoms with Crippen LogP contribution in [0, 0.1) is 0 Å². The minimum atomic E-state index is -0.0692.